The highest BCUT2D eigenvalue weighted by atomic mass is 16.3. The van der Waals surface area contributed by atoms with Gasteiger partial charge in [-0.15, -0.1) is 0 Å². The van der Waals surface area contributed by atoms with Crippen molar-refractivity contribution >= 4 is 55.1 Å². The summed E-state index contributed by atoms with van der Waals surface area (Å²) in [6.07, 6.45) is 0.928. The fraction of sp³-hybridized carbons (Fsp3) is 0.100. The average molecular weight is 733 g/mol. The molecule has 1 saturated heterocycles. The van der Waals surface area contributed by atoms with Gasteiger partial charge >= 0.3 is 0 Å². The maximum absolute atomic E-state index is 9.85. The lowest BCUT2D eigenvalue weighted by atomic mass is 9.82. The van der Waals surface area contributed by atoms with Crippen LogP contribution in [0.2, 0.25) is 0 Å². The number of nitrogens with one attached hydrogen (secondary N) is 1. The maximum Gasteiger partial charge on any atom is 0.136 e. The molecule has 0 spiro atoms. The molecule has 0 aliphatic carbocycles. The van der Waals surface area contributed by atoms with E-state index in [9.17, 15) is 15.8 Å². The van der Waals surface area contributed by atoms with Gasteiger partial charge in [0.2, 0.25) is 0 Å². The first-order chi connectivity index (χ1) is 28.1. The lowest BCUT2D eigenvalue weighted by Gasteiger charge is -2.38. The highest BCUT2D eigenvalue weighted by molar-refractivity contribution is 6.17. The SMILES string of the molecule is N#Cc1cc(C#N)c(-c2ccc(C3CC4c5ccccc5N(c5ccc(-n6c7ccccc7c7cc8oc9ccccc9c8cc76)cc5)C4CN3)cc2)c(C#N)c1. The van der Waals surface area contributed by atoms with Crippen molar-refractivity contribution < 1.29 is 4.42 Å². The fourth-order valence-electron chi connectivity index (χ4n) is 9.59. The summed E-state index contributed by atoms with van der Waals surface area (Å²) >= 11 is 0. The third-order valence-electron chi connectivity index (χ3n) is 12.1. The van der Waals surface area contributed by atoms with Crippen molar-refractivity contribution in [2.75, 3.05) is 11.4 Å². The molecule has 7 nitrogen and oxygen atoms in total. The quantitative estimate of drug-likeness (QED) is 0.193. The number of benzene rings is 7. The number of para-hydroxylation sites is 3. The molecule has 2 aliphatic heterocycles. The Hall–Kier alpha value is -7.63. The van der Waals surface area contributed by atoms with Gasteiger partial charge < -0.3 is 19.2 Å². The standard InChI is InChI=1S/C50H32N6O/c51-26-30-21-33(27-52)50(34(22-30)28-53)32-15-13-31(14-16-32)43-23-40-37-7-1-5-11-45(37)56(47(40)29-54-43)36-19-17-35(18-20-36)55-44-10-4-2-8-38(44)41-25-49-42(24-46(41)55)39-9-3-6-12-48(39)57-49/h1-22,24-25,40,43,47,54H,23,29H2. The number of rotatable bonds is 4. The summed E-state index contributed by atoms with van der Waals surface area (Å²) in [5.41, 5.74) is 12.5. The summed E-state index contributed by atoms with van der Waals surface area (Å²) in [6.45, 7) is 0.807. The van der Waals surface area contributed by atoms with Crippen molar-refractivity contribution in [2.24, 2.45) is 0 Å². The molecule has 3 atom stereocenters. The molecule has 9 aromatic rings. The molecule has 4 heterocycles. The van der Waals surface area contributed by atoms with Gasteiger partial charge in [-0.3, -0.25) is 0 Å². The molecule has 7 aromatic carbocycles. The molecule has 2 aliphatic rings. The molecule has 1 fully saturated rings. The molecule has 1 N–H and O–H groups in total. The molecule has 2 aromatic heterocycles. The van der Waals surface area contributed by atoms with E-state index in [1.165, 1.54) is 22.0 Å². The first-order valence-electron chi connectivity index (χ1n) is 19.2. The number of fused-ring (bicyclic) bond motifs is 9. The van der Waals surface area contributed by atoms with E-state index in [0.29, 0.717) is 28.2 Å². The van der Waals surface area contributed by atoms with Crippen LogP contribution in [0.5, 0.6) is 0 Å². The van der Waals surface area contributed by atoms with E-state index in [2.05, 4.69) is 142 Å². The maximum atomic E-state index is 9.85. The zero-order valence-electron chi connectivity index (χ0n) is 30.6. The van der Waals surface area contributed by atoms with Crippen molar-refractivity contribution in [1.82, 2.24) is 9.88 Å². The second kappa shape index (κ2) is 12.7. The third kappa shape index (κ3) is 4.99. The van der Waals surface area contributed by atoms with Crippen molar-refractivity contribution in [3.63, 3.8) is 0 Å². The minimum Gasteiger partial charge on any atom is -0.456 e. The summed E-state index contributed by atoms with van der Waals surface area (Å²) in [4.78, 5) is 2.51. The summed E-state index contributed by atoms with van der Waals surface area (Å²) in [5, 5.41) is 37.6. The highest BCUT2D eigenvalue weighted by Crippen LogP contribution is 2.50. The van der Waals surface area contributed by atoms with Crippen molar-refractivity contribution in [2.45, 2.75) is 24.4 Å². The highest BCUT2D eigenvalue weighted by Gasteiger charge is 2.43. The molecule has 0 radical (unpaired) electrons. The van der Waals surface area contributed by atoms with Crippen molar-refractivity contribution in [1.29, 1.82) is 15.8 Å². The smallest absolute Gasteiger partial charge is 0.136 e. The first kappa shape index (κ1) is 32.8. The van der Waals surface area contributed by atoms with Crippen molar-refractivity contribution in [3.8, 4) is 35.0 Å². The normalized spacial score (nSPS) is 17.4. The number of hydrogen-bond acceptors (Lipinski definition) is 6. The number of nitrogens with zero attached hydrogens (tertiary/aromatic N) is 5. The summed E-state index contributed by atoms with van der Waals surface area (Å²) in [7, 11) is 0. The van der Waals surface area contributed by atoms with E-state index in [4.69, 9.17) is 4.42 Å². The van der Waals surface area contributed by atoms with Crippen LogP contribution >= 0.6 is 0 Å². The van der Waals surface area contributed by atoms with Crippen LogP contribution in [0.25, 0.3) is 60.6 Å². The van der Waals surface area contributed by atoms with Crippen LogP contribution in [0.1, 0.15) is 46.2 Å². The van der Waals surface area contributed by atoms with E-state index in [0.717, 1.165) is 68.4 Å². The van der Waals surface area contributed by atoms with Gasteiger partial charge in [-0.2, -0.15) is 15.8 Å². The lowest BCUT2D eigenvalue weighted by molar-refractivity contribution is 0.343. The van der Waals surface area contributed by atoms with Crippen LogP contribution in [0.3, 0.4) is 0 Å². The number of nitriles is 3. The molecular weight excluding hydrogens is 701 g/mol. The number of furan rings is 1. The third-order valence-corrected chi connectivity index (χ3v) is 12.1. The topological polar surface area (TPSA) is 105 Å². The molecule has 11 rings (SSSR count). The predicted molar refractivity (Wildman–Crippen MR) is 225 cm³/mol. The van der Waals surface area contributed by atoms with Gasteiger partial charge in [0.05, 0.1) is 52.0 Å². The Bertz CT molecular complexity index is 3190. The summed E-state index contributed by atoms with van der Waals surface area (Å²) < 4.78 is 8.67. The summed E-state index contributed by atoms with van der Waals surface area (Å²) in [6, 6.07) is 57.2. The first-order valence-corrected chi connectivity index (χ1v) is 19.2. The number of anilines is 2. The number of hydrogen-bond donors (Lipinski definition) is 1. The molecular formula is C50H32N6O. The van der Waals surface area contributed by atoms with Gasteiger partial charge in [-0.05, 0) is 89.8 Å². The van der Waals surface area contributed by atoms with Crippen LogP contribution < -0.4 is 10.2 Å². The minimum absolute atomic E-state index is 0.136. The Labute approximate surface area is 328 Å². The van der Waals surface area contributed by atoms with Crippen LogP contribution in [0, 0.1) is 34.0 Å². The molecule has 0 bridgehead atoms. The molecule has 7 heteroatoms. The second-order valence-electron chi connectivity index (χ2n) is 15.0. The van der Waals surface area contributed by atoms with E-state index in [1.807, 2.05) is 24.3 Å². The largest absolute Gasteiger partial charge is 0.456 e. The lowest BCUT2D eigenvalue weighted by Crippen LogP contribution is -2.46. The van der Waals surface area contributed by atoms with Crippen LogP contribution in [-0.4, -0.2) is 17.2 Å². The Morgan fingerprint density at radius 3 is 2.07 bits per heavy atom. The molecule has 268 valence electrons. The Morgan fingerprint density at radius 1 is 0.596 bits per heavy atom. The Morgan fingerprint density at radius 2 is 1.30 bits per heavy atom. The molecule has 0 amide bonds. The van der Waals surface area contributed by atoms with Gasteiger partial charge in [0, 0.05) is 62.7 Å². The zero-order valence-corrected chi connectivity index (χ0v) is 30.6. The summed E-state index contributed by atoms with van der Waals surface area (Å²) in [5.74, 6) is 0.324. The van der Waals surface area contributed by atoms with Crippen LogP contribution in [-0.2, 0) is 0 Å². The van der Waals surface area contributed by atoms with Gasteiger partial charge in [-0.25, -0.2) is 0 Å². The van der Waals surface area contributed by atoms with Crippen molar-refractivity contribution in [3.05, 3.63) is 173 Å². The predicted octanol–water partition coefficient (Wildman–Crippen LogP) is 11.3. The van der Waals surface area contributed by atoms with Gasteiger partial charge in [0.15, 0.2) is 0 Å². The monoisotopic (exact) mass is 732 g/mol. The fourth-order valence-corrected chi connectivity index (χ4v) is 9.59. The Kier molecular flexibility index (Phi) is 7.31. The van der Waals surface area contributed by atoms with E-state index in [-0.39, 0.29) is 12.1 Å². The molecule has 0 saturated carbocycles. The van der Waals surface area contributed by atoms with Gasteiger partial charge in [0.1, 0.15) is 11.2 Å². The van der Waals surface area contributed by atoms with Crippen LogP contribution in [0.4, 0.5) is 11.4 Å². The van der Waals surface area contributed by atoms with Gasteiger partial charge in [-0.1, -0.05) is 78.9 Å². The average Bonchev–Trinajstić information content (AvgIpc) is 3.92. The second-order valence-corrected chi connectivity index (χ2v) is 15.0. The minimum atomic E-state index is 0.136. The number of piperidine rings is 1. The molecule has 3 unspecified atom stereocenters. The van der Waals surface area contributed by atoms with E-state index < -0.39 is 0 Å². The number of aromatic nitrogens is 1. The Balaban J connectivity index is 0.917. The van der Waals surface area contributed by atoms with E-state index >= 15 is 0 Å². The van der Waals surface area contributed by atoms with E-state index in [1.54, 1.807) is 12.1 Å². The van der Waals surface area contributed by atoms with Gasteiger partial charge in [0.25, 0.3) is 0 Å². The zero-order chi connectivity index (χ0) is 38.2. The van der Waals surface area contributed by atoms with Crippen LogP contribution in [0.15, 0.2) is 150 Å². The molecule has 57 heavy (non-hydrogen) atoms.